The van der Waals surface area contributed by atoms with Gasteiger partial charge in [-0.15, -0.1) is 0 Å². The third-order valence-electron chi connectivity index (χ3n) is 5.05. The fourth-order valence-corrected chi connectivity index (χ4v) is 3.49. The highest BCUT2D eigenvalue weighted by atomic mass is 16.5. The summed E-state index contributed by atoms with van der Waals surface area (Å²) in [6, 6.07) is 7.25. The Labute approximate surface area is 172 Å². The van der Waals surface area contributed by atoms with Gasteiger partial charge in [0.2, 0.25) is 0 Å². The number of carbonyl (C=O) groups excluding carboxylic acids is 1. The Kier molecular flexibility index (Phi) is 7.04. The van der Waals surface area contributed by atoms with Crippen molar-refractivity contribution in [3.8, 4) is 11.5 Å². The molecule has 1 fully saturated rings. The zero-order valence-corrected chi connectivity index (χ0v) is 17.7. The number of benzene rings is 1. The summed E-state index contributed by atoms with van der Waals surface area (Å²) in [6.07, 6.45) is 2.74. The molecule has 2 aromatic rings. The Morgan fingerprint density at radius 1 is 1.14 bits per heavy atom. The number of likely N-dealkylation sites (tertiary alicyclic amines) is 1. The molecule has 1 aromatic carbocycles. The number of hydrogen-bond acceptors (Lipinski definition) is 6. The number of nitrogens with one attached hydrogen (secondary N) is 1. The van der Waals surface area contributed by atoms with Crippen molar-refractivity contribution in [2.45, 2.75) is 39.2 Å². The lowest BCUT2D eigenvalue weighted by Crippen LogP contribution is -2.35. The molecule has 7 heteroatoms. The Morgan fingerprint density at radius 2 is 1.83 bits per heavy atom. The van der Waals surface area contributed by atoms with Crippen LogP contribution in [0.25, 0.3) is 0 Å². The number of nitrogens with zero attached hydrogens (tertiary/aromatic N) is 3. The van der Waals surface area contributed by atoms with Crippen LogP contribution in [0, 0.1) is 13.8 Å². The molecule has 29 heavy (non-hydrogen) atoms. The fraction of sp³-hybridized carbons (Fsp3) is 0.500. The van der Waals surface area contributed by atoms with Gasteiger partial charge in [0.25, 0.3) is 5.91 Å². The van der Waals surface area contributed by atoms with E-state index in [1.54, 1.807) is 19.2 Å². The van der Waals surface area contributed by atoms with Crippen molar-refractivity contribution >= 4 is 5.91 Å². The average molecular weight is 399 g/mol. The van der Waals surface area contributed by atoms with Gasteiger partial charge in [-0.2, -0.15) is 0 Å². The molecule has 0 aliphatic carbocycles. The maximum Gasteiger partial charge on any atom is 0.251 e. The summed E-state index contributed by atoms with van der Waals surface area (Å²) in [4.78, 5) is 23.6. The smallest absolute Gasteiger partial charge is 0.251 e. The number of carbonyl (C=O) groups is 1. The molecule has 1 aromatic heterocycles. The number of aryl methyl sites for hydroxylation is 2. The predicted molar refractivity (Wildman–Crippen MR) is 112 cm³/mol. The summed E-state index contributed by atoms with van der Waals surface area (Å²) in [5, 5.41) is 2.92. The Hall–Kier alpha value is -2.67. The molecule has 1 aliphatic rings. The van der Waals surface area contributed by atoms with E-state index in [9.17, 15) is 4.79 Å². The van der Waals surface area contributed by atoms with Crippen molar-refractivity contribution < 1.29 is 14.3 Å². The monoisotopic (exact) mass is 398 g/mol. The summed E-state index contributed by atoms with van der Waals surface area (Å²) in [7, 11) is 3.71. The van der Waals surface area contributed by atoms with Crippen molar-refractivity contribution in [2.24, 2.45) is 0 Å². The lowest BCUT2D eigenvalue weighted by molar-refractivity contribution is 0.0953. The lowest BCUT2D eigenvalue weighted by Gasteiger charge is -2.29. The van der Waals surface area contributed by atoms with E-state index in [2.05, 4.69) is 27.2 Å². The summed E-state index contributed by atoms with van der Waals surface area (Å²) < 4.78 is 11.6. The molecule has 2 heterocycles. The van der Waals surface area contributed by atoms with Crippen LogP contribution >= 0.6 is 0 Å². The first-order valence-corrected chi connectivity index (χ1v) is 10.1. The second kappa shape index (κ2) is 9.69. The molecular weight excluding hydrogens is 368 g/mol. The lowest BCUT2D eigenvalue weighted by atomic mass is 10.1. The van der Waals surface area contributed by atoms with Gasteiger partial charge >= 0.3 is 0 Å². The van der Waals surface area contributed by atoms with Crippen molar-refractivity contribution in [3.05, 3.63) is 47.0 Å². The summed E-state index contributed by atoms with van der Waals surface area (Å²) in [5.74, 6) is 1.84. The Morgan fingerprint density at radius 3 is 2.48 bits per heavy atom. The molecule has 1 saturated heterocycles. The van der Waals surface area contributed by atoms with Gasteiger partial charge in [0.15, 0.2) is 11.5 Å². The van der Waals surface area contributed by atoms with Gasteiger partial charge in [0.05, 0.1) is 7.11 Å². The summed E-state index contributed by atoms with van der Waals surface area (Å²) in [6.45, 7) is 6.41. The van der Waals surface area contributed by atoms with Crippen LogP contribution in [0.3, 0.4) is 0 Å². The van der Waals surface area contributed by atoms with Gasteiger partial charge in [-0.3, -0.25) is 4.79 Å². The molecule has 0 radical (unpaired) electrons. The summed E-state index contributed by atoms with van der Waals surface area (Å²) >= 11 is 0. The molecule has 0 spiro atoms. The fourth-order valence-electron chi connectivity index (χ4n) is 3.49. The second-order valence-corrected chi connectivity index (χ2v) is 7.56. The van der Waals surface area contributed by atoms with Gasteiger partial charge < -0.3 is 19.7 Å². The van der Waals surface area contributed by atoms with E-state index >= 15 is 0 Å². The van der Waals surface area contributed by atoms with Gasteiger partial charge in [-0.1, -0.05) is 0 Å². The maximum atomic E-state index is 12.5. The van der Waals surface area contributed by atoms with Crippen molar-refractivity contribution in [1.82, 2.24) is 20.2 Å². The number of aromatic nitrogens is 2. The Bertz CT molecular complexity index is 828. The van der Waals surface area contributed by atoms with Crippen LogP contribution in [0.15, 0.2) is 24.3 Å². The van der Waals surface area contributed by atoms with Gasteiger partial charge in [0, 0.05) is 43.0 Å². The standard InChI is InChI=1S/C22H30N4O3/c1-15-13-16(2)25-21(24-15)7-10-23-22(27)17-5-6-19(20(14-17)28-4)29-18-8-11-26(3)12-9-18/h5-6,13-14,18H,7-12H2,1-4H3,(H,23,27). The highest BCUT2D eigenvalue weighted by Gasteiger charge is 2.20. The first kappa shape index (κ1) is 21.0. The third-order valence-corrected chi connectivity index (χ3v) is 5.05. The van der Waals surface area contributed by atoms with E-state index in [0.717, 1.165) is 43.1 Å². The first-order chi connectivity index (χ1) is 13.9. The van der Waals surface area contributed by atoms with Crippen LogP contribution in [0.2, 0.25) is 0 Å². The second-order valence-electron chi connectivity index (χ2n) is 7.56. The molecule has 7 nitrogen and oxygen atoms in total. The number of piperidine rings is 1. The molecule has 1 amide bonds. The molecule has 0 atom stereocenters. The van der Waals surface area contributed by atoms with Crippen LogP contribution in [0.4, 0.5) is 0 Å². The largest absolute Gasteiger partial charge is 0.493 e. The molecule has 0 saturated carbocycles. The van der Waals surface area contributed by atoms with Crippen LogP contribution < -0.4 is 14.8 Å². The van der Waals surface area contributed by atoms with Crippen molar-refractivity contribution in [1.29, 1.82) is 0 Å². The molecule has 0 unspecified atom stereocenters. The average Bonchev–Trinajstić information content (AvgIpc) is 2.69. The zero-order valence-electron chi connectivity index (χ0n) is 17.7. The Balaban J connectivity index is 1.57. The van der Waals surface area contributed by atoms with E-state index in [0.29, 0.717) is 30.0 Å². The summed E-state index contributed by atoms with van der Waals surface area (Å²) in [5.41, 5.74) is 2.41. The highest BCUT2D eigenvalue weighted by Crippen LogP contribution is 2.30. The van der Waals surface area contributed by atoms with E-state index < -0.39 is 0 Å². The number of ether oxygens (including phenoxy) is 2. The molecular formula is C22H30N4O3. The normalized spacial score (nSPS) is 15.2. The van der Waals surface area contributed by atoms with E-state index in [-0.39, 0.29) is 12.0 Å². The van der Waals surface area contributed by atoms with Crippen molar-refractivity contribution in [2.75, 3.05) is 33.8 Å². The quantitative estimate of drug-likeness (QED) is 0.772. The van der Waals surface area contributed by atoms with Gasteiger partial charge in [-0.25, -0.2) is 9.97 Å². The molecule has 3 rings (SSSR count). The number of hydrogen-bond donors (Lipinski definition) is 1. The number of amides is 1. The van der Waals surface area contributed by atoms with Crippen LogP contribution in [0.1, 0.15) is 40.4 Å². The van der Waals surface area contributed by atoms with E-state index in [1.165, 1.54) is 0 Å². The van der Waals surface area contributed by atoms with Crippen molar-refractivity contribution in [3.63, 3.8) is 0 Å². The van der Waals surface area contributed by atoms with Crippen LogP contribution in [0.5, 0.6) is 11.5 Å². The molecule has 156 valence electrons. The molecule has 1 N–H and O–H groups in total. The topological polar surface area (TPSA) is 76.6 Å². The van der Waals surface area contributed by atoms with E-state index in [4.69, 9.17) is 9.47 Å². The molecule has 0 bridgehead atoms. The van der Waals surface area contributed by atoms with E-state index in [1.807, 2.05) is 26.0 Å². The van der Waals surface area contributed by atoms with Gasteiger partial charge in [-0.05, 0) is 58.0 Å². The first-order valence-electron chi connectivity index (χ1n) is 10.1. The number of methoxy groups -OCH3 is 1. The minimum absolute atomic E-state index is 0.154. The third kappa shape index (κ3) is 5.90. The minimum Gasteiger partial charge on any atom is -0.493 e. The maximum absolute atomic E-state index is 12.5. The minimum atomic E-state index is -0.154. The van der Waals surface area contributed by atoms with Gasteiger partial charge in [0.1, 0.15) is 11.9 Å². The number of rotatable bonds is 7. The zero-order chi connectivity index (χ0) is 20.8. The predicted octanol–water partition coefficient (Wildman–Crippen LogP) is 2.55. The molecule has 1 aliphatic heterocycles. The van der Waals surface area contributed by atoms with Crippen LogP contribution in [-0.2, 0) is 6.42 Å². The van der Waals surface area contributed by atoms with Crippen LogP contribution in [-0.4, -0.2) is 60.7 Å². The SMILES string of the molecule is COc1cc(C(=O)NCCc2nc(C)cc(C)n2)ccc1OC1CCN(C)CC1. The highest BCUT2D eigenvalue weighted by molar-refractivity contribution is 5.94.